The van der Waals surface area contributed by atoms with E-state index in [2.05, 4.69) is 46.1 Å². The maximum absolute atomic E-state index is 4.68. The Balaban J connectivity index is 1.84. The van der Waals surface area contributed by atoms with Crippen LogP contribution >= 0.6 is 0 Å². The first-order valence-electron chi connectivity index (χ1n) is 4.81. The number of nitrogens with zero attached hydrogens (tertiary/aromatic N) is 6. The summed E-state index contributed by atoms with van der Waals surface area (Å²) in [7, 11) is 0. The smallest absolute Gasteiger partial charge is 0.244 e. The molecule has 16 heavy (non-hydrogen) atoms. The van der Waals surface area contributed by atoms with Crippen molar-refractivity contribution in [1.29, 1.82) is 0 Å². The fraction of sp³-hybridized carbons (Fsp3) is 0.429. The number of aromatic amines is 1. The zero-order valence-electron chi connectivity index (χ0n) is 8.21. The van der Waals surface area contributed by atoms with Gasteiger partial charge in [0, 0.05) is 0 Å². The molecular weight excluding hydrogens is 212 g/mol. The van der Waals surface area contributed by atoms with Gasteiger partial charge in [-0.05, 0) is 29.6 Å². The summed E-state index contributed by atoms with van der Waals surface area (Å²) in [6.07, 6.45) is 2.68. The van der Waals surface area contributed by atoms with Crippen LogP contribution in [0.4, 0.5) is 5.95 Å². The number of rotatable bonds is 2. The fourth-order valence-corrected chi connectivity index (χ4v) is 1.57. The lowest BCUT2D eigenvalue weighted by molar-refractivity contribution is 0.303. The molecule has 0 bridgehead atoms. The molecule has 9 nitrogen and oxygen atoms in total. The summed E-state index contributed by atoms with van der Waals surface area (Å²) in [6, 6.07) is 0. The number of hydrazone groups is 1. The highest BCUT2D eigenvalue weighted by atomic mass is 16.6. The molecule has 0 radical (unpaired) electrons. The Bertz CT molecular complexity index is 500. The standard InChI is InChI=1S/C7H8N8O/c1-2-4(6-5(3-1)12-16-13-6)8-9-7-10-14-15-11-7/h1-3H2,(H2,9,10,11,14,15)/b8-4-. The Morgan fingerprint density at radius 1 is 1.31 bits per heavy atom. The molecule has 0 saturated carbocycles. The first-order chi connectivity index (χ1) is 7.93. The van der Waals surface area contributed by atoms with Crippen LogP contribution in [0.1, 0.15) is 24.2 Å². The first-order valence-corrected chi connectivity index (χ1v) is 4.81. The highest BCUT2D eigenvalue weighted by Gasteiger charge is 2.21. The van der Waals surface area contributed by atoms with E-state index < -0.39 is 0 Å². The Labute approximate surface area is 89.3 Å². The Kier molecular flexibility index (Phi) is 2.06. The van der Waals surface area contributed by atoms with Crippen LogP contribution in [0.2, 0.25) is 0 Å². The second-order valence-electron chi connectivity index (χ2n) is 3.32. The topological polar surface area (TPSA) is 118 Å². The lowest BCUT2D eigenvalue weighted by atomic mass is 9.99. The van der Waals surface area contributed by atoms with Gasteiger partial charge in [-0.25, -0.2) is 10.1 Å². The number of aromatic nitrogens is 6. The van der Waals surface area contributed by atoms with Gasteiger partial charge in [0.25, 0.3) is 5.95 Å². The van der Waals surface area contributed by atoms with Gasteiger partial charge in [-0.15, -0.1) is 5.10 Å². The normalized spacial score (nSPS) is 17.4. The summed E-state index contributed by atoms with van der Waals surface area (Å²) in [5.74, 6) is 0.316. The molecule has 2 aromatic rings. The van der Waals surface area contributed by atoms with Gasteiger partial charge in [-0.1, -0.05) is 10.3 Å². The van der Waals surface area contributed by atoms with E-state index in [4.69, 9.17) is 0 Å². The number of nitrogens with one attached hydrogen (secondary N) is 2. The molecule has 0 spiro atoms. The molecule has 0 atom stereocenters. The summed E-state index contributed by atoms with van der Waals surface area (Å²) in [5, 5.41) is 25.0. The van der Waals surface area contributed by atoms with E-state index in [0.717, 1.165) is 30.7 Å². The van der Waals surface area contributed by atoms with Crippen molar-refractivity contribution in [2.75, 3.05) is 5.43 Å². The molecule has 0 unspecified atom stereocenters. The van der Waals surface area contributed by atoms with E-state index in [1.807, 2.05) is 0 Å². The number of hydrogen-bond donors (Lipinski definition) is 2. The van der Waals surface area contributed by atoms with Crippen LogP contribution in [-0.4, -0.2) is 36.6 Å². The summed E-state index contributed by atoms with van der Waals surface area (Å²) < 4.78 is 4.68. The van der Waals surface area contributed by atoms with Crippen molar-refractivity contribution >= 4 is 11.7 Å². The molecule has 0 amide bonds. The van der Waals surface area contributed by atoms with Crippen molar-refractivity contribution in [3.8, 4) is 0 Å². The minimum atomic E-state index is 0.316. The molecule has 0 aliphatic heterocycles. The Morgan fingerprint density at radius 2 is 2.31 bits per heavy atom. The van der Waals surface area contributed by atoms with Crippen molar-refractivity contribution in [3.63, 3.8) is 0 Å². The van der Waals surface area contributed by atoms with Gasteiger partial charge in [0.1, 0.15) is 5.69 Å². The molecule has 1 aliphatic rings. The minimum absolute atomic E-state index is 0.316. The molecule has 2 N–H and O–H groups in total. The van der Waals surface area contributed by atoms with Crippen LogP contribution in [0.3, 0.4) is 0 Å². The molecule has 9 heteroatoms. The van der Waals surface area contributed by atoms with Crippen LogP contribution in [0.15, 0.2) is 9.73 Å². The largest absolute Gasteiger partial charge is 0.283 e. The Hall–Kier alpha value is -2.32. The molecule has 2 aromatic heterocycles. The highest BCUT2D eigenvalue weighted by molar-refractivity contribution is 6.00. The molecule has 0 saturated heterocycles. The maximum atomic E-state index is 4.68. The van der Waals surface area contributed by atoms with Crippen LogP contribution in [0.25, 0.3) is 0 Å². The minimum Gasteiger partial charge on any atom is -0.244 e. The number of aryl methyl sites for hydroxylation is 1. The van der Waals surface area contributed by atoms with Gasteiger partial charge >= 0.3 is 0 Å². The molecule has 1 aliphatic carbocycles. The van der Waals surface area contributed by atoms with Crippen molar-refractivity contribution < 1.29 is 4.63 Å². The van der Waals surface area contributed by atoms with Crippen molar-refractivity contribution in [3.05, 3.63) is 11.4 Å². The summed E-state index contributed by atoms with van der Waals surface area (Å²) in [4.78, 5) is 0. The van der Waals surface area contributed by atoms with Gasteiger partial charge in [0.15, 0.2) is 5.69 Å². The van der Waals surface area contributed by atoms with Crippen molar-refractivity contribution in [2.45, 2.75) is 19.3 Å². The highest BCUT2D eigenvalue weighted by Crippen LogP contribution is 2.18. The van der Waals surface area contributed by atoms with E-state index in [-0.39, 0.29) is 0 Å². The third kappa shape index (κ3) is 1.51. The molecule has 0 fully saturated rings. The van der Waals surface area contributed by atoms with Gasteiger partial charge in [0.2, 0.25) is 0 Å². The number of tetrazole rings is 1. The van der Waals surface area contributed by atoms with E-state index in [1.165, 1.54) is 0 Å². The molecule has 82 valence electrons. The molecule has 0 aromatic carbocycles. The summed E-state index contributed by atoms with van der Waals surface area (Å²) >= 11 is 0. The number of anilines is 1. The summed E-state index contributed by atoms with van der Waals surface area (Å²) in [5.41, 5.74) is 5.04. The monoisotopic (exact) mass is 220 g/mol. The average Bonchev–Trinajstić information content (AvgIpc) is 2.97. The van der Waals surface area contributed by atoms with Crippen LogP contribution < -0.4 is 5.43 Å². The zero-order chi connectivity index (χ0) is 10.8. The second kappa shape index (κ2) is 3.68. The number of H-pyrrole nitrogens is 1. The third-order valence-electron chi connectivity index (χ3n) is 2.29. The quantitative estimate of drug-likeness (QED) is 0.669. The predicted molar refractivity (Wildman–Crippen MR) is 51.6 cm³/mol. The van der Waals surface area contributed by atoms with E-state index >= 15 is 0 Å². The van der Waals surface area contributed by atoms with Crippen LogP contribution in [-0.2, 0) is 6.42 Å². The maximum Gasteiger partial charge on any atom is 0.283 e. The first kappa shape index (κ1) is 8.95. The van der Waals surface area contributed by atoms with Crippen molar-refractivity contribution in [1.82, 2.24) is 30.9 Å². The van der Waals surface area contributed by atoms with Crippen molar-refractivity contribution in [2.24, 2.45) is 5.10 Å². The summed E-state index contributed by atoms with van der Waals surface area (Å²) in [6.45, 7) is 0. The SMILES string of the molecule is C1C/C(=N/Nc2nn[nH]n2)c2nonc2C1. The predicted octanol–water partition coefficient (Wildman–Crippen LogP) is -0.265. The third-order valence-corrected chi connectivity index (χ3v) is 2.29. The molecule has 2 heterocycles. The number of fused-ring (bicyclic) bond motifs is 1. The van der Waals surface area contributed by atoms with Gasteiger partial charge in [-0.2, -0.15) is 10.3 Å². The molecule has 3 rings (SSSR count). The Morgan fingerprint density at radius 3 is 3.19 bits per heavy atom. The lowest BCUT2D eigenvalue weighted by Crippen LogP contribution is -2.13. The van der Waals surface area contributed by atoms with Gasteiger partial charge in [-0.3, -0.25) is 0 Å². The van der Waals surface area contributed by atoms with Gasteiger partial charge < -0.3 is 0 Å². The van der Waals surface area contributed by atoms with Gasteiger partial charge in [0.05, 0.1) is 5.71 Å². The zero-order valence-corrected chi connectivity index (χ0v) is 8.21. The van der Waals surface area contributed by atoms with E-state index in [9.17, 15) is 0 Å². The van der Waals surface area contributed by atoms with Crippen LogP contribution in [0.5, 0.6) is 0 Å². The second-order valence-corrected chi connectivity index (χ2v) is 3.32. The average molecular weight is 220 g/mol. The number of hydrogen-bond acceptors (Lipinski definition) is 8. The van der Waals surface area contributed by atoms with E-state index in [0.29, 0.717) is 11.6 Å². The lowest BCUT2D eigenvalue weighted by Gasteiger charge is -2.08. The molecular formula is C7H8N8O. The van der Waals surface area contributed by atoms with Crippen LogP contribution in [0, 0.1) is 0 Å². The fourth-order valence-electron chi connectivity index (χ4n) is 1.57. The van der Waals surface area contributed by atoms with E-state index in [1.54, 1.807) is 0 Å².